The van der Waals surface area contributed by atoms with Gasteiger partial charge in [0.15, 0.2) is 0 Å². The van der Waals surface area contributed by atoms with Gasteiger partial charge >= 0.3 is 0 Å². The van der Waals surface area contributed by atoms with Crippen molar-refractivity contribution < 1.29 is 0 Å². The van der Waals surface area contributed by atoms with Crippen molar-refractivity contribution in [2.75, 3.05) is 25.4 Å². The van der Waals surface area contributed by atoms with Crippen LogP contribution in [0.4, 0.5) is 5.82 Å². The van der Waals surface area contributed by atoms with Gasteiger partial charge in [-0.25, -0.2) is 9.97 Å². The normalized spacial score (nSPS) is 17.2. The predicted molar refractivity (Wildman–Crippen MR) is 84.9 cm³/mol. The first-order valence-electron chi connectivity index (χ1n) is 7.74. The standard InChI is InChI=1S/C16H23N5/c1-2-7-20-8-5-14(6-9-20)21-12-18-11-15(21)13-3-4-16(17)19-10-13/h3-4,10-12,14H,2,5-9H2,1H3,(H2,17,19). The zero-order valence-corrected chi connectivity index (χ0v) is 12.6. The summed E-state index contributed by atoms with van der Waals surface area (Å²) in [5.41, 5.74) is 7.88. The van der Waals surface area contributed by atoms with Crippen LogP contribution in [-0.4, -0.2) is 39.1 Å². The van der Waals surface area contributed by atoms with Gasteiger partial charge in [-0.2, -0.15) is 0 Å². The molecule has 0 atom stereocenters. The molecular weight excluding hydrogens is 262 g/mol. The number of anilines is 1. The third-order valence-electron chi connectivity index (χ3n) is 4.24. The number of hydrogen-bond donors (Lipinski definition) is 1. The molecule has 5 heteroatoms. The summed E-state index contributed by atoms with van der Waals surface area (Å²) in [6.07, 6.45) is 9.31. The smallest absolute Gasteiger partial charge is 0.123 e. The van der Waals surface area contributed by atoms with Gasteiger partial charge in [-0.3, -0.25) is 0 Å². The van der Waals surface area contributed by atoms with Gasteiger partial charge in [-0.05, 0) is 37.9 Å². The average Bonchev–Trinajstić information content (AvgIpc) is 2.99. The second-order valence-corrected chi connectivity index (χ2v) is 5.73. The molecule has 21 heavy (non-hydrogen) atoms. The van der Waals surface area contributed by atoms with Crippen molar-refractivity contribution >= 4 is 5.82 Å². The molecule has 0 amide bonds. The highest BCUT2D eigenvalue weighted by atomic mass is 15.2. The minimum absolute atomic E-state index is 0.535. The van der Waals surface area contributed by atoms with Crippen LogP contribution in [0, 0.1) is 0 Å². The molecule has 3 heterocycles. The molecule has 0 aromatic carbocycles. The Morgan fingerprint density at radius 2 is 2.05 bits per heavy atom. The summed E-state index contributed by atoms with van der Waals surface area (Å²) < 4.78 is 2.30. The Kier molecular flexibility index (Phi) is 4.20. The maximum Gasteiger partial charge on any atom is 0.123 e. The number of nitrogens with zero attached hydrogens (tertiary/aromatic N) is 4. The SMILES string of the molecule is CCCN1CCC(n2cncc2-c2ccc(N)nc2)CC1. The van der Waals surface area contributed by atoms with Gasteiger partial charge in [0, 0.05) is 30.9 Å². The molecular formula is C16H23N5. The Hall–Kier alpha value is -1.88. The predicted octanol–water partition coefficient (Wildman–Crippen LogP) is 2.57. The second-order valence-electron chi connectivity index (χ2n) is 5.73. The van der Waals surface area contributed by atoms with E-state index >= 15 is 0 Å². The molecule has 112 valence electrons. The van der Waals surface area contributed by atoms with E-state index in [-0.39, 0.29) is 0 Å². The summed E-state index contributed by atoms with van der Waals surface area (Å²) >= 11 is 0. The summed E-state index contributed by atoms with van der Waals surface area (Å²) in [4.78, 5) is 11.1. The topological polar surface area (TPSA) is 60.0 Å². The summed E-state index contributed by atoms with van der Waals surface area (Å²) in [5.74, 6) is 0.553. The number of aromatic nitrogens is 3. The van der Waals surface area contributed by atoms with E-state index in [1.54, 1.807) is 0 Å². The summed E-state index contributed by atoms with van der Waals surface area (Å²) in [6, 6.07) is 4.40. The number of piperidine rings is 1. The van der Waals surface area contributed by atoms with E-state index in [0.717, 1.165) is 11.3 Å². The van der Waals surface area contributed by atoms with Gasteiger partial charge in [0.1, 0.15) is 5.82 Å². The first-order chi connectivity index (χ1) is 10.3. The van der Waals surface area contributed by atoms with Crippen molar-refractivity contribution in [3.8, 4) is 11.3 Å². The molecule has 1 saturated heterocycles. The maximum absolute atomic E-state index is 5.67. The third kappa shape index (κ3) is 3.08. The molecule has 0 aliphatic carbocycles. The Labute approximate surface area is 125 Å². The zero-order valence-electron chi connectivity index (χ0n) is 12.6. The Morgan fingerprint density at radius 1 is 1.24 bits per heavy atom. The first kappa shape index (κ1) is 14.1. The van der Waals surface area contributed by atoms with Crippen LogP contribution < -0.4 is 5.73 Å². The Bertz CT molecular complexity index is 567. The van der Waals surface area contributed by atoms with E-state index in [9.17, 15) is 0 Å². The van der Waals surface area contributed by atoms with Crippen LogP contribution in [0.3, 0.4) is 0 Å². The number of pyridine rings is 1. The van der Waals surface area contributed by atoms with E-state index < -0.39 is 0 Å². The Morgan fingerprint density at radius 3 is 2.71 bits per heavy atom. The molecule has 3 rings (SSSR count). The van der Waals surface area contributed by atoms with Crippen LogP contribution in [0.1, 0.15) is 32.2 Å². The highest BCUT2D eigenvalue weighted by Gasteiger charge is 2.21. The fourth-order valence-electron chi connectivity index (χ4n) is 3.11. The molecule has 2 N–H and O–H groups in total. The van der Waals surface area contributed by atoms with Crippen LogP contribution in [0.25, 0.3) is 11.3 Å². The highest BCUT2D eigenvalue weighted by Crippen LogP contribution is 2.28. The van der Waals surface area contributed by atoms with E-state index in [4.69, 9.17) is 5.73 Å². The monoisotopic (exact) mass is 285 g/mol. The lowest BCUT2D eigenvalue weighted by molar-refractivity contribution is 0.187. The van der Waals surface area contributed by atoms with Crippen molar-refractivity contribution in [2.24, 2.45) is 0 Å². The Balaban J connectivity index is 1.76. The van der Waals surface area contributed by atoms with Crippen LogP contribution in [0.2, 0.25) is 0 Å². The summed E-state index contributed by atoms with van der Waals surface area (Å²) in [5, 5.41) is 0. The van der Waals surface area contributed by atoms with E-state index in [1.165, 1.54) is 38.9 Å². The molecule has 0 unspecified atom stereocenters. The van der Waals surface area contributed by atoms with Crippen LogP contribution in [-0.2, 0) is 0 Å². The molecule has 1 aliphatic rings. The number of likely N-dealkylation sites (tertiary alicyclic amines) is 1. The van der Waals surface area contributed by atoms with Gasteiger partial charge in [0.05, 0.1) is 18.2 Å². The molecule has 1 aliphatic heterocycles. The third-order valence-corrected chi connectivity index (χ3v) is 4.24. The number of hydrogen-bond acceptors (Lipinski definition) is 4. The number of imidazole rings is 1. The van der Waals surface area contributed by atoms with E-state index in [0.29, 0.717) is 11.9 Å². The van der Waals surface area contributed by atoms with Crippen molar-refractivity contribution in [3.05, 3.63) is 30.9 Å². The van der Waals surface area contributed by atoms with E-state index in [1.807, 2.05) is 30.9 Å². The van der Waals surface area contributed by atoms with Gasteiger partial charge in [0.2, 0.25) is 0 Å². The van der Waals surface area contributed by atoms with E-state index in [2.05, 4.69) is 26.4 Å². The number of rotatable bonds is 4. The van der Waals surface area contributed by atoms with Crippen LogP contribution in [0.15, 0.2) is 30.9 Å². The fraction of sp³-hybridized carbons (Fsp3) is 0.500. The summed E-state index contributed by atoms with van der Waals surface area (Å²) in [7, 11) is 0. The quantitative estimate of drug-likeness (QED) is 0.938. The van der Waals surface area contributed by atoms with Crippen LogP contribution >= 0.6 is 0 Å². The molecule has 1 fully saturated rings. The molecule has 0 bridgehead atoms. The minimum atomic E-state index is 0.535. The fourth-order valence-corrected chi connectivity index (χ4v) is 3.11. The zero-order chi connectivity index (χ0) is 14.7. The number of nitrogen functional groups attached to an aromatic ring is 1. The molecule has 0 spiro atoms. The lowest BCUT2D eigenvalue weighted by Gasteiger charge is -2.33. The van der Waals surface area contributed by atoms with Crippen molar-refractivity contribution in [1.29, 1.82) is 0 Å². The highest BCUT2D eigenvalue weighted by molar-refractivity contribution is 5.59. The minimum Gasteiger partial charge on any atom is -0.384 e. The van der Waals surface area contributed by atoms with Gasteiger partial charge < -0.3 is 15.2 Å². The second kappa shape index (κ2) is 6.26. The van der Waals surface area contributed by atoms with Crippen molar-refractivity contribution in [3.63, 3.8) is 0 Å². The molecule has 2 aromatic heterocycles. The first-order valence-corrected chi connectivity index (χ1v) is 7.74. The molecule has 0 radical (unpaired) electrons. The number of nitrogens with two attached hydrogens (primary N) is 1. The van der Waals surface area contributed by atoms with Gasteiger partial charge in [0.25, 0.3) is 0 Å². The lowest BCUT2D eigenvalue weighted by atomic mass is 10.0. The van der Waals surface area contributed by atoms with Gasteiger partial charge in [-0.15, -0.1) is 0 Å². The maximum atomic E-state index is 5.67. The lowest BCUT2D eigenvalue weighted by Crippen LogP contribution is -2.35. The molecule has 2 aromatic rings. The molecule has 0 saturated carbocycles. The average molecular weight is 285 g/mol. The molecule has 5 nitrogen and oxygen atoms in total. The van der Waals surface area contributed by atoms with Gasteiger partial charge in [-0.1, -0.05) is 6.92 Å². The van der Waals surface area contributed by atoms with Crippen LogP contribution in [0.5, 0.6) is 0 Å². The van der Waals surface area contributed by atoms with Crippen molar-refractivity contribution in [1.82, 2.24) is 19.4 Å². The van der Waals surface area contributed by atoms with Crippen molar-refractivity contribution in [2.45, 2.75) is 32.2 Å². The largest absolute Gasteiger partial charge is 0.384 e. The summed E-state index contributed by atoms with van der Waals surface area (Å²) in [6.45, 7) is 5.81.